The summed E-state index contributed by atoms with van der Waals surface area (Å²) in [5.41, 5.74) is -0.184. The molecule has 0 fully saturated rings. The van der Waals surface area contributed by atoms with Gasteiger partial charge in [0.1, 0.15) is 5.02 Å². The maximum absolute atomic E-state index is 12.2. The van der Waals surface area contributed by atoms with Gasteiger partial charge in [-0.25, -0.2) is 18.1 Å². The third-order valence-electron chi connectivity index (χ3n) is 2.46. The monoisotopic (exact) mass is 316 g/mol. The van der Waals surface area contributed by atoms with E-state index in [9.17, 15) is 18.5 Å². The molecule has 0 spiro atoms. The summed E-state index contributed by atoms with van der Waals surface area (Å²) < 4.78 is 26.5. The summed E-state index contributed by atoms with van der Waals surface area (Å²) in [6, 6.07) is 2.15. The first-order chi connectivity index (χ1) is 9.31. The SMILES string of the molecule is Cc1cc(Cl)c([N+](=O)[O-])cc1S(=O)(=O)Nc1ncc[nH]1. The molecule has 0 radical (unpaired) electrons. The molecule has 0 aliphatic carbocycles. The van der Waals surface area contributed by atoms with Crippen LogP contribution in [0.1, 0.15) is 5.56 Å². The number of H-pyrrole nitrogens is 1. The average Bonchev–Trinajstić information content (AvgIpc) is 2.79. The Hall–Kier alpha value is -2.13. The summed E-state index contributed by atoms with van der Waals surface area (Å²) in [5, 5.41) is 10.7. The van der Waals surface area contributed by atoms with E-state index in [1.54, 1.807) is 0 Å². The van der Waals surface area contributed by atoms with Crippen LogP contribution in [0, 0.1) is 17.0 Å². The van der Waals surface area contributed by atoms with Gasteiger partial charge in [0.2, 0.25) is 5.95 Å². The minimum absolute atomic E-state index is 0.0157. The second kappa shape index (κ2) is 5.10. The second-order valence-electron chi connectivity index (χ2n) is 3.87. The van der Waals surface area contributed by atoms with Gasteiger partial charge in [-0.15, -0.1) is 0 Å². The molecule has 0 aliphatic rings. The summed E-state index contributed by atoms with van der Waals surface area (Å²) >= 11 is 5.71. The van der Waals surface area contributed by atoms with Crippen LogP contribution in [0.2, 0.25) is 5.02 Å². The molecule has 2 rings (SSSR count). The fourth-order valence-corrected chi connectivity index (χ4v) is 3.09. The smallest absolute Gasteiger partial charge is 0.289 e. The molecular weight excluding hydrogens is 308 g/mol. The van der Waals surface area contributed by atoms with Crippen molar-refractivity contribution < 1.29 is 13.3 Å². The van der Waals surface area contributed by atoms with Gasteiger partial charge in [-0.3, -0.25) is 10.1 Å². The number of benzene rings is 1. The molecule has 2 N–H and O–H groups in total. The number of aromatic amines is 1. The van der Waals surface area contributed by atoms with Crippen LogP contribution in [-0.4, -0.2) is 23.3 Å². The lowest BCUT2D eigenvalue weighted by atomic mass is 10.2. The number of nitrogens with one attached hydrogen (secondary N) is 2. The molecule has 0 saturated heterocycles. The number of hydrogen-bond acceptors (Lipinski definition) is 5. The van der Waals surface area contributed by atoms with E-state index >= 15 is 0 Å². The van der Waals surface area contributed by atoms with E-state index in [-0.39, 0.29) is 15.9 Å². The van der Waals surface area contributed by atoms with E-state index in [0.29, 0.717) is 5.56 Å². The van der Waals surface area contributed by atoms with Crippen LogP contribution < -0.4 is 4.72 Å². The van der Waals surface area contributed by atoms with Gasteiger partial charge in [-0.2, -0.15) is 0 Å². The van der Waals surface area contributed by atoms with Crippen LogP contribution in [0.3, 0.4) is 0 Å². The van der Waals surface area contributed by atoms with E-state index in [0.717, 1.165) is 6.07 Å². The molecule has 0 bridgehead atoms. The predicted octanol–water partition coefficient (Wildman–Crippen LogP) is 2.08. The minimum Gasteiger partial charge on any atom is -0.330 e. The van der Waals surface area contributed by atoms with E-state index in [1.807, 2.05) is 0 Å². The molecule has 0 aliphatic heterocycles. The maximum Gasteiger partial charge on any atom is 0.289 e. The van der Waals surface area contributed by atoms with Gasteiger partial charge in [0, 0.05) is 18.5 Å². The van der Waals surface area contributed by atoms with Gasteiger partial charge in [0.25, 0.3) is 15.7 Å². The Morgan fingerprint density at radius 2 is 2.15 bits per heavy atom. The standard InChI is InChI=1S/C10H9ClN4O4S/c1-6-4-7(11)8(15(16)17)5-9(6)20(18,19)14-10-12-2-3-13-10/h2-5H,1H3,(H2,12,13,14). The van der Waals surface area contributed by atoms with E-state index in [2.05, 4.69) is 14.7 Å². The average molecular weight is 317 g/mol. The zero-order valence-corrected chi connectivity index (χ0v) is 11.7. The molecule has 1 aromatic carbocycles. The Morgan fingerprint density at radius 3 is 2.70 bits per heavy atom. The highest BCUT2D eigenvalue weighted by atomic mass is 35.5. The summed E-state index contributed by atoms with van der Waals surface area (Å²) in [4.78, 5) is 16.1. The van der Waals surface area contributed by atoms with Crippen LogP contribution in [0.5, 0.6) is 0 Å². The molecule has 0 unspecified atom stereocenters. The van der Waals surface area contributed by atoms with Crippen LogP contribution in [0.4, 0.5) is 11.6 Å². The first kappa shape index (κ1) is 14.3. The van der Waals surface area contributed by atoms with Crippen molar-refractivity contribution in [3.8, 4) is 0 Å². The van der Waals surface area contributed by atoms with Crippen LogP contribution >= 0.6 is 11.6 Å². The van der Waals surface area contributed by atoms with Gasteiger partial charge >= 0.3 is 0 Å². The molecule has 2 aromatic rings. The topological polar surface area (TPSA) is 118 Å². The molecule has 0 amide bonds. The number of imidazole rings is 1. The van der Waals surface area contributed by atoms with Gasteiger partial charge in [-0.05, 0) is 18.6 Å². The minimum atomic E-state index is -3.99. The van der Waals surface area contributed by atoms with Crippen molar-refractivity contribution in [2.75, 3.05) is 4.72 Å². The van der Waals surface area contributed by atoms with Gasteiger partial charge in [-0.1, -0.05) is 11.6 Å². The Bertz CT molecular complexity index is 758. The number of aromatic nitrogens is 2. The number of sulfonamides is 1. The summed E-state index contributed by atoms with van der Waals surface area (Å²) in [7, 11) is -3.99. The number of rotatable bonds is 4. The number of aryl methyl sites for hydroxylation is 1. The number of nitro groups is 1. The zero-order chi connectivity index (χ0) is 14.9. The van der Waals surface area contributed by atoms with Crippen molar-refractivity contribution in [1.29, 1.82) is 0 Å². The Balaban J connectivity index is 2.51. The highest BCUT2D eigenvalue weighted by molar-refractivity contribution is 7.92. The second-order valence-corrected chi connectivity index (χ2v) is 5.93. The molecule has 20 heavy (non-hydrogen) atoms. The molecule has 0 atom stereocenters. The van der Waals surface area contributed by atoms with Crippen molar-refractivity contribution in [2.24, 2.45) is 0 Å². The van der Waals surface area contributed by atoms with Crippen molar-refractivity contribution >= 4 is 33.3 Å². The molecular formula is C10H9ClN4O4S. The Labute approximate surface area is 119 Å². The highest BCUT2D eigenvalue weighted by Crippen LogP contribution is 2.30. The van der Waals surface area contributed by atoms with Crippen LogP contribution in [0.25, 0.3) is 0 Å². The summed E-state index contributed by atoms with van der Waals surface area (Å²) in [6.07, 6.45) is 2.81. The first-order valence-electron chi connectivity index (χ1n) is 5.28. The quantitative estimate of drug-likeness (QED) is 0.661. The first-order valence-corrected chi connectivity index (χ1v) is 7.14. The zero-order valence-electron chi connectivity index (χ0n) is 10.1. The van der Waals surface area contributed by atoms with E-state index in [1.165, 1.54) is 25.4 Å². The Kier molecular flexibility index (Phi) is 3.64. The third kappa shape index (κ3) is 2.73. The van der Waals surface area contributed by atoms with E-state index in [4.69, 9.17) is 11.6 Å². The van der Waals surface area contributed by atoms with Gasteiger partial charge < -0.3 is 4.98 Å². The molecule has 0 saturated carbocycles. The van der Waals surface area contributed by atoms with Gasteiger partial charge in [0.15, 0.2) is 0 Å². The largest absolute Gasteiger partial charge is 0.330 e. The Morgan fingerprint density at radius 1 is 1.45 bits per heavy atom. The lowest BCUT2D eigenvalue weighted by Gasteiger charge is -2.09. The number of nitrogens with zero attached hydrogens (tertiary/aromatic N) is 2. The van der Waals surface area contributed by atoms with Crippen LogP contribution in [0.15, 0.2) is 29.4 Å². The lowest BCUT2D eigenvalue weighted by molar-refractivity contribution is -0.384. The fraction of sp³-hybridized carbons (Fsp3) is 0.100. The lowest BCUT2D eigenvalue weighted by Crippen LogP contribution is -2.15. The summed E-state index contributed by atoms with van der Waals surface area (Å²) in [6.45, 7) is 1.49. The molecule has 106 valence electrons. The molecule has 1 aromatic heterocycles. The van der Waals surface area contributed by atoms with Crippen molar-refractivity contribution in [3.63, 3.8) is 0 Å². The van der Waals surface area contributed by atoms with Crippen molar-refractivity contribution in [3.05, 3.63) is 45.2 Å². The number of hydrogen-bond donors (Lipinski definition) is 2. The number of halogens is 1. The van der Waals surface area contributed by atoms with Crippen LogP contribution in [-0.2, 0) is 10.0 Å². The molecule has 10 heteroatoms. The van der Waals surface area contributed by atoms with Crippen molar-refractivity contribution in [1.82, 2.24) is 9.97 Å². The van der Waals surface area contributed by atoms with Crippen molar-refractivity contribution in [2.45, 2.75) is 11.8 Å². The fourth-order valence-electron chi connectivity index (χ4n) is 1.57. The number of anilines is 1. The third-order valence-corrected chi connectivity index (χ3v) is 4.24. The normalized spacial score (nSPS) is 11.3. The summed E-state index contributed by atoms with van der Waals surface area (Å²) in [5.74, 6) is 0.0157. The van der Waals surface area contributed by atoms with Gasteiger partial charge in [0.05, 0.1) is 9.82 Å². The molecule has 8 nitrogen and oxygen atoms in total. The van der Waals surface area contributed by atoms with E-state index < -0.39 is 20.6 Å². The predicted molar refractivity (Wildman–Crippen MR) is 72.2 cm³/mol. The molecule has 1 heterocycles. The number of nitro benzene ring substituents is 1. The maximum atomic E-state index is 12.2. The highest BCUT2D eigenvalue weighted by Gasteiger charge is 2.24.